The van der Waals surface area contributed by atoms with Crippen molar-refractivity contribution < 1.29 is 14.5 Å². The van der Waals surface area contributed by atoms with E-state index in [1.807, 2.05) is 0 Å². The fourth-order valence-corrected chi connectivity index (χ4v) is 2.24. The topological polar surface area (TPSA) is 127 Å². The van der Waals surface area contributed by atoms with Crippen molar-refractivity contribution in [3.8, 4) is 0 Å². The average Bonchev–Trinajstić information content (AvgIpc) is 2.48. The second-order valence-electron chi connectivity index (χ2n) is 6.82. The molecule has 1 aromatic rings. The maximum absolute atomic E-state index is 12.4. The first-order chi connectivity index (χ1) is 11.4. The van der Waals surface area contributed by atoms with Crippen LogP contribution in [0.1, 0.15) is 38.1 Å². The molecule has 4 N–H and O–H groups in total. The van der Waals surface area contributed by atoms with Gasteiger partial charge in [-0.15, -0.1) is 0 Å². The van der Waals surface area contributed by atoms with Gasteiger partial charge in [-0.05, 0) is 25.8 Å². The lowest BCUT2D eigenvalue weighted by atomic mass is 10.0. The van der Waals surface area contributed by atoms with Crippen LogP contribution in [0.5, 0.6) is 0 Å². The summed E-state index contributed by atoms with van der Waals surface area (Å²) in [5.74, 6) is -1.12. The molecule has 0 aliphatic heterocycles. The quantitative estimate of drug-likeness (QED) is 0.498. The van der Waals surface area contributed by atoms with E-state index in [0.717, 1.165) is 6.07 Å². The molecule has 138 valence electrons. The van der Waals surface area contributed by atoms with Crippen LogP contribution in [-0.4, -0.2) is 34.9 Å². The lowest BCUT2D eigenvalue weighted by molar-refractivity contribution is -0.384. The normalized spacial score (nSPS) is 12.6. The molecule has 0 aromatic heterocycles. The molecule has 0 saturated heterocycles. The Labute approximate surface area is 151 Å². The largest absolute Gasteiger partial charge is 0.352 e. The van der Waals surface area contributed by atoms with E-state index in [1.165, 1.54) is 12.1 Å². The molecule has 1 atom stereocenters. The van der Waals surface area contributed by atoms with Crippen LogP contribution in [0.2, 0.25) is 5.02 Å². The second-order valence-corrected chi connectivity index (χ2v) is 7.23. The monoisotopic (exact) mass is 370 g/mol. The maximum atomic E-state index is 12.4. The minimum absolute atomic E-state index is 0.0577. The molecule has 0 heterocycles. The van der Waals surface area contributed by atoms with Gasteiger partial charge in [0, 0.05) is 24.2 Å². The lowest BCUT2D eigenvalue weighted by Gasteiger charge is -2.25. The molecular weight excluding hydrogens is 348 g/mol. The Morgan fingerprint density at radius 1 is 1.36 bits per heavy atom. The van der Waals surface area contributed by atoms with E-state index < -0.39 is 22.4 Å². The molecule has 2 amide bonds. The highest BCUT2D eigenvalue weighted by atomic mass is 35.5. The summed E-state index contributed by atoms with van der Waals surface area (Å²) in [4.78, 5) is 34.8. The summed E-state index contributed by atoms with van der Waals surface area (Å²) in [7, 11) is 0. The van der Waals surface area contributed by atoms with Crippen molar-refractivity contribution >= 4 is 29.1 Å². The van der Waals surface area contributed by atoms with Crippen LogP contribution < -0.4 is 16.4 Å². The molecule has 0 radical (unpaired) electrons. The standard InChI is InChI=1S/C16H23ClN4O4/c1-9(2)13(15(23)19-8-16(3,4)18)20-14(22)11-6-5-10(21(24)25)7-12(11)17/h5-7,9,13H,8,18H2,1-4H3,(H,19,23)(H,20,22). The Bertz CT molecular complexity index is 671. The van der Waals surface area contributed by atoms with E-state index in [0.29, 0.717) is 0 Å². The highest BCUT2D eigenvalue weighted by Gasteiger charge is 2.26. The number of nitrogens with zero attached hydrogens (tertiary/aromatic N) is 1. The summed E-state index contributed by atoms with van der Waals surface area (Å²) in [6.45, 7) is 7.37. The van der Waals surface area contributed by atoms with Gasteiger partial charge in [0.15, 0.2) is 0 Å². The van der Waals surface area contributed by atoms with Gasteiger partial charge in [0.2, 0.25) is 5.91 Å². The van der Waals surface area contributed by atoms with Crippen LogP contribution in [0.25, 0.3) is 0 Å². The number of benzene rings is 1. The summed E-state index contributed by atoms with van der Waals surface area (Å²) in [6.07, 6.45) is 0. The summed E-state index contributed by atoms with van der Waals surface area (Å²) < 4.78 is 0. The van der Waals surface area contributed by atoms with Crippen LogP contribution in [-0.2, 0) is 4.79 Å². The molecule has 0 aliphatic carbocycles. The number of carbonyl (C=O) groups excluding carboxylic acids is 2. The molecule has 1 unspecified atom stereocenters. The molecule has 0 bridgehead atoms. The second kappa shape index (κ2) is 8.26. The van der Waals surface area contributed by atoms with Gasteiger partial charge in [-0.3, -0.25) is 19.7 Å². The molecule has 8 nitrogen and oxygen atoms in total. The van der Waals surface area contributed by atoms with Crippen molar-refractivity contribution in [2.24, 2.45) is 11.7 Å². The van der Waals surface area contributed by atoms with Crippen LogP contribution in [0.3, 0.4) is 0 Å². The van der Waals surface area contributed by atoms with E-state index in [9.17, 15) is 19.7 Å². The van der Waals surface area contributed by atoms with E-state index in [2.05, 4.69) is 10.6 Å². The summed E-state index contributed by atoms with van der Waals surface area (Å²) in [5.41, 5.74) is 5.10. The minimum atomic E-state index is -0.791. The fourth-order valence-electron chi connectivity index (χ4n) is 1.98. The number of nitrogens with one attached hydrogen (secondary N) is 2. The van der Waals surface area contributed by atoms with Gasteiger partial charge in [-0.2, -0.15) is 0 Å². The molecule has 0 spiro atoms. The number of nitro groups is 1. The third-order valence-electron chi connectivity index (χ3n) is 3.36. The third kappa shape index (κ3) is 6.32. The number of carbonyl (C=O) groups is 2. The zero-order valence-corrected chi connectivity index (χ0v) is 15.4. The van der Waals surface area contributed by atoms with Crippen molar-refractivity contribution in [2.75, 3.05) is 6.54 Å². The number of rotatable bonds is 7. The third-order valence-corrected chi connectivity index (χ3v) is 3.67. The van der Waals surface area contributed by atoms with Gasteiger partial charge in [-0.25, -0.2) is 0 Å². The van der Waals surface area contributed by atoms with E-state index in [-0.39, 0.29) is 34.6 Å². The van der Waals surface area contributed by atoms with Gasteiger partial charge in [-0.1, -0.05) is 25.4 Å². The molecule has 9 heteroatoms. The first kappa shape index (κ1) is 20.9. The molecule has 1 aromatic carbocycles. The van der Waals surface area contributed by atoms with Crippen molar-refractivity contribution in [3.63, 3.8) is 0 Å². The Kier molecular flexibility index (Phi) is 6.89. The van der Waals surface area contributed by atoms with Crippen LogP contribution in [0.4, 0.5) is 5.69 Å². The number of nitro benzene ring substituents is 1. The van der Waals surface area contributed by atoms with E-state index >= 15 is 0 Å². The van der Waals surface area contributed by atoms with Crippen molar-refractivity contribution in [3.05, 3.63) is 38.9 Å². The van der Waals surface area contributed by atoms with Gasteiger partial charge in [0.25, 0.3) is 11.6 Å². The van der Waals surface area contributed by atoms with Gasteiger partial charge < -0.3 is 16.4 Å². The Hall–Kier alpha value is -2.19. The van der Waals surface area contributed by atoms with Crippen molar-refractivity contribution in [1.29, 1.82) is 0 Å². The summed E-state index contributed by atoms with van der Waals surface area (Å²) >= 11 is 5.95. The molecule has 25 heavy (non-hydrogen) atoms. The molecule has 0 fully saturated rings. The summed E-state index contributed by atoms with van der Waals surface area (Å²) in [5, 5.41) is 16.0. The van der Waals surface area contributed by atoms with Crippen LogP contribution in [0, 0.1) is 16.0 Å². The Morgan fingerprint density at radius 3 is 2.40 bits per heavy atom. The molecule has 0 aliphatic rings. The molecular formula is C16H23ClN4O4. The van der Waals surface area contributed by atoms with Crippen LogP contribution >= 0.6 is 11.6 Å². The zero-order valence-electron chi connectivity index (χ0n) is 14.6. The number of non-ortho nitro benzene ring substituents is 1. The van der Waals surface area contributed by atoms with Gasteiger partial charge in [0.1, 0.15) is 6.04 Å². The Balaban J connectivity index is 2.90. The number of amides is 2. The van der Waals surface area contributed by atoms with Crippen molar-refractivity contribution in [1.82, 2.24) is 10.6 Å². The minimum Gasteiger partial charge on any atom is -0.352 e. The predicted molar refractivity (Wildman–Crippen MR) is 95.5 cm³/mol. The van der Waals surface area contributed by atoms with E-state index in [4.69, 9.17) is 17.3 Å². The first-order valence-corrected chi connectivity index (χ1v) is 8.11. The SMILES string of the molecule is CC(C)C(NC(=O)c1ccc([N+](=O)[O-])cc1Cl)C(=O)NCC(C)(C)N. The summed E-state index contributed by atoms with van der Waals surface area (Å²) in [6, 6.07) is 2.75. The number of nitrogens with two attached hydrogens (primary N) is 1. The highest BCUT2D eigenvalue weighted by molar-refractivity contribution is 6.34. The Morgan fingerprint density at radius 2 is 1.96 bits per heavy atom. The van der Waals surface area contributed by atoms with Gasteiger partial charge >= 0.3 is 0 Å². The van der Waals surface area contributed by atoms with Gasteiger partial charge in [0.05, 0.1) is 15.5 Å². The number of hydrogen-bond acceptors (Lipinski definition) is 5. The molecule has 1 rings (SSSR count). The van der Waals surface area contributed by atoms with E-state index in [1.54, 1.807) is 27.7 Å². The smallest absolute Gasteiger partial charge is 0.270 e. The zero-order chi connectivity index (χ0) is 19.4. The molecule has 0 saturated carbocycles. The fraction of sp³-hybridized carbons (Fsp3) is 0.500. The maximum Gasteiger partial charge on any atom is 0.270 e. The number of hydrogen-bond donors (Lipinski definition) is 3. The van der Waals surface area contributed by atoms with Crippen molar-refractivity contribution in [2.45, 2.75) is 39.3 Å². The lowest BCUT2D eigenvalue weighted by Crippen LogP contribution is -2.53. The van der Waals surface area contributed by atoms with Crippen LogP contribution in [0.15, 0.2) is 18.2 Å². The average molecular weight is 371 g/mol. The number of halogens is 1. The predicted octanol–water partition coefficient (Wildman–Crippen LogP) is 1.86. The highest BCUT2D eigenvalue weighted by Crippen LogP contribution is 2.22. The first-order valence-electron chi connectivity index (χ1n) is 7.74.